The molecule has 2 aromatic carbocycles. The van der Waals surface area contributed by atoms with Crippen LogP contribution in [0.3, 0.4) is 0 Å². The molecule has 134 valence electrons. The van der Waals surface area contributed by atoms with E-state index in [9.17, 15) is 18.5 Å². The van der Waals surface area contributed by atoms with E-state index < -0.39 is 20.6 Å². The SMILES string of the molecule is CC[C@@H](C)c1ccc(NS(=O)(=O)c2ccc(OC)c([N+](=O)[O-])c2)cc1. The molecule has 25 heavy (non-hydrogen) atoms. The van der Waals surface area contributed by atoms with Gasteiger partial charge in [-0.1, -0.05) is 26.0 Å². The van der Waals surface area contributed by atoms with Gasteiger partial charge in [-0.2, -0.15) is 0 Å². The Balaban J connectivity index is 2.30. The summed E-state index contributed by atoms with van der Waals surface area (Å²) in [5.74, 6) is 0.386. The van der Waals surface area contributed by atoms with Crippen LogP contribution in [-0.2, 0) is 10.0 Å². The fourth-order valence-electron chi connectivity index (χ4n) is 2.31. The zero-order valence-corrected chi connectivity index (χ0v) is 15.0. The second kappa shape index (κ2) is 7.52. The van der Waals surface area contributed by atoms with Gasteiger partial charge in [-0.15, -0.1) is 0 Å². The summed E-state index contributed by atoms with van der Waals surface area (Å²) in [5, 5.41) is 11.1. The van der Waals surface area contributed by atoms with Gasteiger partial charge in [-0.25, -0.2) is 8.42 Å². The first-order chi connectivity index (χ1) is 11.8. The van der Waals surface area contributed by atoms with Crippen molar-refractivity contribution in [2.45, 2.75) is 31.1 Å². The van der Waals surface area contributed by atoms with Crippen LogP contribution in [0.2, 0.25) is 0 Å². The highest BCUT2D eigenvalue weighted by Crippen LogP contribution is 2.30. The molecule has 0 aliphatic rings. The van der Waals surface area contributed by atoms with Crippen LogP contribution >= 0.6 is 0 Å². The zero-order chi connectivity index (χ0) is 18.6. The third-order valence-electron chi connectivity index (χ3n) is 4.00. The third kappa shape index (κ3) is 4.27. The van der Waals surface area contributed by atoms with Crippen molar-refractivity contribution < 1.29 is 18.1 Å². The van der Waals surface area contributed by atoms with Gasteiger partial charge in [-0.05, 0) is 42.2 Å². The highest BCUT2D eigenvalue weighted by atomic mass is 32.2. The first-order valence-electron chi connectivity index (χ1n) is 7.73. The lowest BCUT2D eigenvalue weighted by molar-refractivity contribution is -0.386. The summed E-state index contributed by atoms with van der Waals surface area (Å²) in [6.45, 7) is 4.17. The fourth-order valence-corrected chi connectivity index (χ4v) is 3.39. The molecule has 0 fully saturated rings. The number of ether oxygens (including phenoxy) is 1. The first kappa shape index (κ1) is 18.7. The van der Waals surface area contributed by atoms with E-state index >= 15 is 0 Å². The van der Waals surface area contributed by atoms with Gasteiger partial charge in [0.05, 0.1) is 16.9 Å². The molecule has 0 heterocycles. The Morgan fingerprint density at radius 3 is 2.36 bits per heavy atom. The summed E-state index contributed by atoms with van der Waals surface area (Å²) in [7, 11) is -2.66. The maximum atomic E-state index is 12.5. The van der Waals surface area contributed by atoms with Gasteiger partial charge in [0.2, 0.25) is 0 Å². The van der Waals surface area contributed by atoms with E-state index in [2.05, 4.69) is 18.6 Å². The lowest BCUT2D eigenvalue weighted by Gasteiger charge is -2.12. The smallest absolute Gasteiger partial charge is 0.312 e. The highest BCUT2D eigenvalue weighted by Gasteiger charge is 2.22. The van der Waals surface area contributed by atoms with E-state index in [1.165, 1.54) is 19.2 Å². The second-order valence-electron chi connectivity index (χ2n) is 5.63. The maximum Gasteiger partial charge on any atom is 0.312 e. The monoisotopic (exact) mass is 364 g/mol. The molecule has 2 aromatic rings. The second-order valence-corrected chi connectivity index (χ2v) is 7.31. The summed E-state index contributed by atoms with van der Waals surface area (Å²) in [6.07, 6.45) is 0.987. The van der Waals surface area contributed by atoms with Crippen LogP contribution in [0, 0.1) is 10.1 Å². The number of sulfonamides is 1. The maximum absolute atomic E-state index is 12.5. The molecule has 0 unspecified atom stereocenters. The van der Waals surface area contributed by atoms with E-state index in [0.717, 1.165) is 18.1 Å². The van der Waals surface area contributed by atoms with Crippen molar-refractivity contribution >= 4 is 21.4 Å². The molecule has 0 saturated carbocycles. The minimum atomic E-state index is -3.94. The lowest BCUT2D eigenvalue weighted by Crippen LogP contribution is -2.13. The molecule has 0 saturated heterocycles. The van der Waals surface area contributed by atoms with Crippen molar-refractivity contribution in [3.8, 4) is 5.75 Å². The van der Waals surface area contributed by atoms with Gasteiger partial charge in [0.25, 0.3) is 10.0 Å². The Labute approximate surface area is 146 Å². The van der Waals surface area contributed by atoms with Gasteiger partial charge in [0.15, 0.2) is 5.75 Å². The number of hydrogen-bond acceptors (Lipinski definition) is 5. The molecule has 0 amide bonds. The highest BCUT2D eigenvalue weighted by molar-refractivity contribution is 7.92. The number of rotatable bonds is 7. The summed E-state index contributed by atoms with van der Waals surface area (Å²) >= 11 is 0. The summed E-state index contributed by atoms with van der Waals surface area (Å²) in [6, 6.07) is 10.6. The van der Waals surface area contributed by atoms with Crippen LogP contribution in [0.15, 0.2) is 47.4 Å². The molecule has 0 radical (unpaired) electrons. The van der Waals surface area contributed by atoms with Crippen molar-refractivity contribution in [2.24, 2.45) is 0 Å². The van der Waals surface area contributed by atoms with Crippen molar-refractivity contribution in [3.05, 3.63) is 58.1 Å². The van der Waals surface area contributed by atoms with Gasteiger partial charge in [-0.3, -0.25) is 14.8 Å². The quantitative estimate of drug-likeness (QED) is 0.593. The molecule has 7 nitrogen and oxygen atoms in total. The summed E-state index contributed by atoms with van der Waals surface area (Å²) < 4.78 is 32.3. The number of anilines is 1. The van der Waals surface area contributed by atoms with E-state index in [1.54, 1.807) is 12.1 Å². The summed E-state index contributed by atoms with van der Waals surface area (Å²) in [5.41, 5.74) is 1.11. The van der Waals surface area contributed by atoms with Crippen LogP contribution in [0.1, 0.15) is 31.7 Å². The fraction of sp³-hybridized carbons (Fsp3) is 0.294. The van der Waals surface area contributed by atoms with Crippen LogP contribution in [0.25, 0.3) is 0 Å². The molecular formula is C17H20N2O5S. The standard InChI is InChI=1S/C17H20N2O5S/c1-4-12(2)13-5-7-14(8-6-13)18-25(22,23)15-9-10-17(24-3)16(11-15)19(20)21/h5-12,18H,4H2,1-3H3/t12-/m1/s1. The van der Waals surface area contributed by atoms with Crippen LogP contribution < -0.4 is 9.46 Å². The predicted octanol–water partition coefficient (Wildman–Crippen LogP) is 3.92. The van der Waals surface area contributed by atoms with Gasteiger partial charge in [0.1, 0.15) is 0 Å². The lowest BCUT2D eigenvalue weighted by atomic mass is 9.99. The third-order valence-corrected chi connectivity index (χ3v) is 5.38. The predicted molar refractivity (Wildman–Crippen MR) is 95.6 cm³/mol. The van der Waals surface area contributed by atoms with E-state index in [1.807, 2.05) is 12.1 Å². The molecule has 0 aliphatic heterocycles. The van der Waals surface area contributed by atoms with Gasteiger partial charge >= 0.3 is 5.69 Å². The number of hydrogen-bond donors (Lipinski definition) is 1. The molecule has 0 aromatic heterocycles. The minimum Gasteiger partial charge on any atom is -0.490 e. The van der Waals surface area contributed by atoms with Crippen LogP contribution in [0.4, 0.5) is 11.4 Å². The van der Waals surface area contributed by atoms with Gasteiger partial charge in [0, 0.05) is 11.8 Å². The van der Waals surface area contributed by atoms with Gasteiger partial charge < -0.3 is 4.74 Å². The van der Waals surface area contributed by atoms with Crippen LogP contribution in [0.5, 0.6) is 5.75 Å². The number of nitrogens with zero attached hydrogens (tertiary/aromatic N) is 1. The molecule has 1 atom stereocenters. The van der Waals surface area contributed by atoms with Crippen molar-refractivity contribution in [2.75, 3.05) is 11.8 Å². The molecule has 1 N–H and O–H groups in total. The molecule has 8 heteroatoms. The number of nitrogens with one attached hydrogen (secondary N) is 1. The molecule has 0 bridgehead atoms. The minimum absolute atomic E-state index is 0.00172. The number of methoxy groups -OCH3 is 1. The molecule has 0 aliphatic carbocycles. The van der Waals surface area contributed by atoms with Crippen molar-refractivity contribution in [1.29, 1.82) is 0 Å². The van der Waals surface area contributed by atoms with Crippen molar-refractivity contribution in [3.63, 3.8) is 0 Å². The Kier molecular flexibility index (Phi) is 5.63. The van der Waals surface area contributed by atoms with E-state index in [0.29, 0.717) is 11.6 Å². The Morgan fingerprint density at radius 2 is 1.84 bits per heavy atom. The van der Waals surface area contributed by atoms with E-state index in [-0.39, 0.29) is 10.6 Å². The average Bonchev–Trinajstić information content (AvgIpc) is 2.60. The Bertz CT molecular complexity index is 863. The van der Waals surface area contributed by atoms with E-state index in [4.69, 9.17) is 4.74 Å². The first-order valence-corrected chi connectivity index (χ1v) is 9.22. The molecule has 0 spiro atoms. The van der Waals surface area contributed by atoms with Crippen molar-refractivity contribution in [1.82, 2.24) is 0 Å². The summed E-state index contributed by atoms with van der Waals surface area (Å²) in [4.78, 5) is 10.2. The Morgan fingerprint density at radius 1 is 1.20 bits per heavy atom. The number of nitro benzene ring substituents is 1. The molecule has 2 rings (SSSR count). The zero-order valence-electron chi connectivity index (χ0n) is 14.2. The number of nitro groups is 1. The number of benzene rings is 2. The molecular weight excluding hydrogens is 344 g/mol. The topological polar surface area (TPSA) is 98.5 Å². The van der Waals surface area contributed by atoms with Crippen LogP contribution in [-0.4, -0.2) is 20.5 Å². The Hall–Kier alpha value is -2.61. The normalized spacial score (nSPS) is 12.4. The average molecular weight is 364 g/mol. The largest absolute Gasteiger partial charge is 0.490 e.